The van der Waals surface area contributed by atoms with Gasteiger partial charge in [0, 0.05) is 12.0 Å². The Morgan fingerprint density at radius 3 is 2.45 bits per heavy atom. The van der Waals surface area contributed by atoms with Gasteiger partial charge in [0.15, 0.2) is 5.60 Å². The van der Waals surface area contributed by atoms with Crippen LogP contribution < -0.4 is 0 Å². The Labute approximate surface area is 120 Å². The molecule has 0 bridgehead atoms. The quantitative estimate of drug-likeness (QED) is 0.804. The number of rotatable bonds is 3. The van der Waals surface area contributed by atoms with E-state index in [1.165, 1.54) is 11.1 Å². The van der Waals surface area contributed by atoms with E-state index in [0.717, 1.165) is 24.1 Å². The summed E-state index contributed by atoms with van der Waals surface area (Å²) in [4.78, 5) is 5.91. The Kier molecular flexibility index (Phi) is 3.31. The van der Waals surface area contributed by atoms with Gasteiger partial charge < -0.3 is 4.84 Å². The lowest BCUT2D eigenvalue weighted by atomic mass is 9.83. The summed E-state index contributed by atoms with van der Waals surface area (Å²) in [5.74, 6) is 0. The molecule has 20 heavy (non-hydrogen) atoms. The van der Waals surface area contributed by atoms with Crippen molar-refractivity contribution >= 4 is 5.71 Å². The van der Waals surface area contributed by atoms with Crippen molar-refractivity contribution in [1.29, 1.82) is 0 Å². The van der Waals surface area contributed by atoms with Crippen molar-refractivity contribution in [2.45, 2.75) is 32.3 Å². The number of hydrogen-bond acceptors (Lipinski definition) is 2. The summed E-state index contributed by atoms with van der Waals surface area (Å²) in [6, 6.07) is 18.7. The number of hydrogen-bond donors (Lipinski definition) is 0. The van der Waals surface area contributed by atoms with E-state index in [1.54, 1.807) is 0 Å². The Morgan fingerprint density at radius 1 is 1.05 bits per heavy atom. The molecule has 2 heteroatoms. The third-order valence-corrected chi connectivity index (χ3v) is 4.10. The summed E-state index contributed by atoms with van der Waals surface area (Å²) in [5.41, 5.74) is 4.39. The third-order valence-electron chi connectivity index (χ3n) is 4.10. The van der Waals surface area contributed by atoms with Crippen molar-refractivity contribution < 1.29 is 4.84 Å². The van der Waals surface area contributed by atoms with Gasteiger partial charge in [0.1, 0.15) is 0 Å². The summed E-state index contributed by atoms with van der Waals surface area (Å²) < 4.78 is 0. The third kappa shape index (κ3) is 2.11. The second-order valence-corrected chi connectivity index (χ2v) is 5.33. The van der Waals surface area contributed by atoms with Crippen LogP contribution in [0.5, 0.6) is 0 Å². The molecule has 2 nitrogen and oxygen atoms in total. The van der Waals surface area contributed by atoms with Crippen LogP contribution in [0.1, 0.15) is 36.5 Å². The van der Waals surface area contributed by atoms with E-state index in [9.17, 15) is 0 Å². The molecular weight excluding hydrogens is 246 g/mol. The molecule has 0 radical (unpaired) electrons. The second kappa shape index (κ2) is 5.12. The molecule has 0 spiro atoms. The molecule has 3 rings (SSSR count). The monoisotopic (exact) mass is 265 g/mol. The van der Waals surface area contributed by atoms with Gasteiger partial charge in [0.05, 0.1) is 5.71 Å². The van der Waals surface area contributed by atoms with Crippen molar-refractivity contribution in [2.24, 2.45) is 5.16 Å². The van der Waals surface area contributed by atoms with E-state index >= 15 is 0 Å². The van der Waals surface area contributed by atoms with E-state index in [2.05, 4.69) is 55.4 Å². The molecule has 2 aromatic rings. The maximum atomic E-state index is 5.91. The normalized spacial score (nSPS) is 21.4. The zero-order valence-corrected chi connectivity index (χ0v) is 12.0. The molecule has 0 aromatic heterocycles. The molecule has 1 heterocycles. The van der Waals surface area contributed by atoms with Crippen molar-refractivity contribution in [1.82, 2.24) is 0 Å². The fourth-order valence-corrected chi connectivity index (χ4v) is 2.87. The lowest BCUT2D eigenvalue weighted by Crippen LogP contribution is -2.26. The summed E-state index contributed by atoms with van der Waals surface area (Å²) in [6.45, 7) is 4.30. The van der Waals surface area contributed by atoms with Crippen LogP contribution >= 0.6 is 0 Å². The molecule has 2 aromatic carbocycles. The van der Waals surface area contributed by atoms with E-state index < -0.39 is 0 Å². The van der Waals surface area contributed by atoms with Crippen LogP contribution in [0.25, 0.3) is 0 Å². The fraction of sp³-hybridized carbons (Fsp3) is 0.278. The van der Waals surface area contributed by atoms with Crippen LogP contribution in [0.3, 0.4) is 0 Å². The molecule has 102 valence electrons. The number of benzene rings is 2. The largest absolute Gasteiger partial charge is 0.384 e. The highest BCUT2D eigenvalue weighted by molar-refractivity contribution is 6.01. The summed E-state index contributed by atoms with van der Waals surface area (Å²) in [5, 5.41) is 4.36. The number of nitrogens with zero attached hydrogens (tertiary/aromatic N) is 1. The number of oxime groups is 1. The average Bonchev–Trinajstić information content (AvgIpc) is 2.94. The van der Waals surface area contributed by atoms with Gasteiger partial charge in [0.2, 0.25) is 0 Å². The Bertz CT molecular complexity index is 633. The highest BCUT2D eigenvalue weighted by Gasteiger charge is 2.40. The van der Waals surface area contributed by atoms with Gasteiger partial charge in [0.25, 0.3) is 0 Å². The highest BCUT2D eigenvalue weighted by atomic mass is 16.7. The van der Waals surface area contributed by atoms with Gasteiger partial charge in [-0.15, -0.1) is 0 Å². The first-order chi connectivity index (χ1) is 9.75. The van der Waals surface area contributed by atoms with Crippen LogP contribution in [-0.2, 0) is 10.4 Å². The summed E-state index contributed by atoms with van der Waals surface area (Å²) >= 11 is 0. The predicted octanol–water partition coefficient (Wildman–Crippen LogP) is 4.42. The molecule has 0 saturated heterocycles. The van der Waals surface area contributed by atoms with E-state index in [0.29, 0.717) is 0 Å². The second-order valence-electron chi connectivity index (χ2n) is 5.33. The van der Waals surface area contributed by atoms with E-state index in [4.69, 9.17) is 4.84 Å². The first-order valence-electron chi connectivity index (χ1n) is 7.12. The molecule has 0 fully saturated rings. The zero-order valence-electron chi connectivity index (χ0n) is 12.0. The summed E-state index contributed by atoms with van der Waals surface area (Å²) in [6.07, 6.45) is 1.75. The first kappa shape index (κ1) is 12.9. The first-order valence-corrected chi connectivity index (χ1v) is 7.12. The van der Waals surface area contributed by atoms with Crippen molar-refractivity contribution in [3.8, 4) is 0 Å². The molecule has 0 amide bonds. The van der Waals surface area contributed by atoms with Crippen LogP contribution in [0, 0.1) is 6.92 Å². The lowest BCUT2D eigenvalue weighted by molar-refractivity contribution is -0.0268. The minimum atomic E-state index is -0.309. The van der Waals surface area contributed by atoms with Gasteiger partial charge in [-0.05, 0) is 24.5 Å². The maximum Gasteiger partial charge on any atom is 0.168 e. The topological polar surface area (TPSA) is 21.6 Å². The Hall–Kier alpha value is -2.09. The highest BCUT2D eigenvalue weighted by Crippen LogP contribution is 2.40. The van der Waals surface area contributed by atoms with Crippen LogP contribution in [-0.4, -0.2) is 5.71 Å². The molecule has 1 aliphatic rings. The molecule has 1 aliphatic heterocycles. The minimum absolute atomic E-state index is 0.309. The zero-order chi connectivity index (χ0) is 14.0. The standard InChI is InChI=1S/C18H19NO/c1-3-18(16-12-8-7-9-14(16)2)13-17(19-20-18)15-10-5-4-6-11-15/h4-12H,3,13H2,1-2H3/t18-/m0/s1. The Balaban J connectivity index is 1.94. The molecule has 1 atom stereocenters. The molecule has 0 saturated carbocycles. The van der Waals surface area contributed by atoms with E-state index in [-0.39, 0.29) is 5.60 Å². The smallest absolute Gasteiger partial charge is 0.168 e. The van der Waals surface area contributed by atoms with Gasteiger partial charge in [-0.2, -0.15) is 0 Å². The van der Waals surface area contributed by atoms with Crippen LogP contribution in [0.2, 0.25) is 0 Å². The van der Waals surface area contributed by atoms with Gasteiger partial charge in [-0.1, -0.05) is 66.7 Å². The van der Waals surface area contributed by atoms with Gasteiger partial charge in [-0.25, -0.2) is 0 Å². The Morgan fingerprint density at radius 2 is 1.75 bits per heavy atom. The minimum Gasteiger partial charge on any atom is -0.384 e. The van der Waals surface area contributed by atoms with Crippen molar-refractivity contribution in [3.05, 3.63) is 71.3 Å². The van der Waals surface area contributed by atoms with Crippen LogP contribution in [0.4, 0.5) is 0 Å². The molecule has 0 N–H and O–H groups in total. The maximum absolute atomic E-state index is 5.91. The fourth-order valence-electron chi connectivity index (χ4n) is 2.87. The molecular formula is C18H19NO. The predicted molar refractivity (Wildman–Crippen MR) is 81.8 cm³/mol. The van der Waals surface area contributed by atoms with Crippen molar-refractivity contribution in [3.63, 3.8) is 0 Å². The summed E-state index contributed by atoms with van der Waals surface area (Å²) in [7, 11) is 0. The van der Waals surface area contributed by atoms with Crippen molar-refractivity contribution in [2.75, 3.05) is 0 Å². The van der Waals surface area contributed by atoms with Gasteiger partial charge >= 0.3 is 0 Å². The molecule has 0 aliphatic carbocycles. The van der Waals surface area contributed by atoms with Gasteiger partial charge in [-0.3, -0.25) is 0 Å². The van der Waals surface area contributed by atoms with Crippen LogP contribution in [0.15, 0.2) is 59.8 Å². The number of aryl methyl sites for hydroxylation is 1. The van der Waals surface area contributed by atoms with E-state index in [1.807, 2.05) is 18.2 Å². The average molecular weight is 265 g/mol. The lowest BCUT2D eigenvalue weighted by Gasteiger charge is -2.27. The SMILES string of the molecule is CC[C@@]1(c2ccccc2C)CC(c2ccccc2)=NO1. The molecule has 0 unspecified atom stereocenters.